The molecule has 0 fully saturated rings. The number of thiazole rings is 1. The van der Waals surface area contributed by atoms with Crippen LogP contribution in [0.5, 0.6) is 11.5 Å². The van der Waals surface area contributed by atoms with Crippen LogP contribution in [0.1, 0.15) is 5.56 Å². The first-order valence-corrected chi connectivity index (χ1v) is 9.81. The van der Waals surface area contributed by atoms with Crippen molar-refractivity contribution < 1.29 is 28.7 Å². The molecule has 3 aromatic rings. The predicted octanol–water partition coefficient (Wildman–Crippen LogP) is 2.47. The second kappa shape index (κ2) is 9.39. The Labute approximate surface area is 180 Å². The summed E-state index contributed by atoms with van der Waals surface area (Å²) in [6.07, 6.45) is -0.00697. The van der Waals surface area contributed by atoms with Crippen molar-refractivity contribution in [2.45, 2.75) is 13.0 Å². The number of aromatic nitrogens is 1. The summed E-state index contributed by atoms with van der Waals surface area (Å²) < 4.78 is 17.2. The average molecular weight is 445 g/mol. The van der Waals surface area contributed by atoms with Crippen molar-refractivity contribution in [1.82, 2.24) is 4.57 Å². The number of carbonyl (C=O) groups is 2. The maximum absolute atomic E-state index is 12.6. The van der Waals surface area contributed by atoms with E-state index in [0.29, 0.717) is 27.3 Å². The number of esters is 1. The molecule has 0 unspecified atom stereocenters. The lowest BCUT2D eigenvalue weighted by molar-refractivity contribution is -0.384. The lowest BCUT2D eigenvalue weighted by Gasteiger charge is -2.08. The summed E-state index contributed by atoms with van der Waals surface area (Å²) in [6.45, 7) is -0.184. The van der Waals surface area contributed by atoms with E-state index in [0.717, 1.165) is 11.3 Å². The van der Waals surface area contributed by atoms with E-state index in [4.69, 9.17) is 14.2 Å². The summed E-state index contributed by atoms with van der Waals surface area (Å²) in [4.78, 5) is 39.4. The molecule has 1 aromatic heterocycles. The fraction of sp³-hybridized carbons (Fsp3) is 0.250. The van der Waals surface area contributed by atoms with Gasteiger partial charge >= 0.3 is 5.97 Å². The molecule has 162 valence electrons. The molecule has 10 nitrogen and oxygen atoms in total. The summed E-state index contributed by atoms with van der Waals surface area (Å²) in [5.41, 5.74) is 1.11. The van der Waals surface area contributed by atoms with Crippen molar-refractivity contribution in [3.05, 3.63) is 56.9 Å². The lowest BCUT2D eigenvalue weighted by atomic mass is 10.1. The molecule has 0 radical (unpaired) electrons. The largest absolute Gasteiger partial charge is 0.493 e. The Morgan fingerprint density at radius 1 is 1.10 bits per heavy atom. The number of rotatable bonds is 7. The van der Waals surface area contributed by atoms with Crippen LogP contribution in [-0.4, -0.2) is 42.7 Å². The molecule has 0 saturated heterocycles. The van der Waals surface area contributed by atoms with E-state index in [1.807, 2.05) is 0 Å². The summed E-state index contributed by atoms with van der Waals surface area (Å²) in [5, 5.41) is 11.1. The van der Waals surface area contributed by atoms with Gasteiger partial charge in [-0.25, -0.2) is 0 Å². The molecular formula is C20H19N3O7S. The molecule has 0 aliphatic carbocycles. The summed E-state index contributed by atoms with van der Waals surface area (Å²) >= 11 is 1.08. The highest BCUT2D eigenvalue weighted by atomic mass is 32.1. The topological polar surface area (TPSA) is 122 Å². The fourth-order valence-corrected chi connectivity index (χ4v) is 4.00. The fourth-order valence-electron chi connectivity index (χ4n) is 2.92. The minimum absolute atomic E-state index is 0.00697. The molecule has 3 rings (SSSR count). The van der Waals surface area contributed by atoms with Crippen molar-refractivity contribution in [1.29, 1.82) is 0 Å². The van der Waals surface area contributed by atoms with E-state index >= 15 is 0 Å². The van der Waals surface area contributed by atoms with Crippen LogP contribution in [0.25, 0.3) is 10.2 Å². The minimum atomic E-state index is -0.535. The monoisotopic (exact) mass is 445 g/mol. The van der Waals surface area contributed by atoms with E-state index in [2.05, 4.69) is 4.99 Å². The van der Waals surface area contributed by atoms with E-state index in [9.17, 15) is 19.7 Å². The number of carbonyl (C=O) groups excluding carboxylic acids is 2. The number of nitrogens with zero attached hydrogens (tertiary/aromatic N) is 3. The third-order valence-corrected chi connectivity index (χ3v) is 5.46. The Bertz CT molecular complexity index is 1230. The molecule has 0 saturated carbocycles. The number of nitro groups is 1. The van der Waals surface area contributed by atoms with Crippen LogP contribution in [0.2, 0.25) is 0 Å². The SMILES string of the molecule is COC(=O)Cn1c(=NC(=O)Cc2ccc(OC)c(OC)c2)sc2cc([N+](=O)[O-])ccc21. The molecule has 0 bridgehead atoms. The van der Waals surface area contributed by atoms with Gasteiger partial charge < -0.3 is 18.8 Å². The Balaban J connectivity index is 2.01. The van der Waals surface area contributed by atoms with Crippen LogP contribution in [0.3, 0.4) is 0 Å². The summed E-state index contributed by atoms with van der Waals surface area (Å²) in [6, 6.07) is 9.33. The van der Waals surface area contributed by atoms with Crippen LogP contribution < -0.4 is 14.3 Å². The molecule has 2 aromatic carbocycles. The molecule has 0 aliphatic heterocycles. The van der Waals surface area contributed by atoms with Crippen molar-refractivity contribution in [3.63, 3.8) is 0 Å². The zero-order valence-electron chi connectivity index (χ0n) is 17.0. The molecule has 1 heterocycles. The first kappa shape index (κ1) is 22.0. The van der Waals surface area contributed by atoms with E-state index < -0.39 is 16.8 Å². The van der Waals surface area contributed by atoms with E-state index in [1.165, 1.54) is 44.1 Å². The van der Waals surface area contributed by atoms with Gasteiger partial charge in [0.15, 0.2) is 16.3 Å². The number of amides is 1. The number of hydrogen-bond donors (Lipinski definition) is 0. The van der Waals surface area contributed by atoms with Crippen LogP contribution in [-0.2, 0) is 27.3 Å². The Morgan fingerprint density at radius 2 is 1.84 bits per heavy atom. The highest BCUT2D eigenvalue weighted by Crippen LogP contribution is 2.28. The van der Waals surface area contributed by atoms with Gasteiger partial charge in [0.2, 0.25) is 0 Å². The van der Waals surface area contributed by atoms with Crippen molar-refractivity contribution in [2.75, 3.05) is 21.3 Å². The summed E-state index contributed by atoms with van der Waals surface area (Å²) in [5.74, 6) is 0.0409. The van der Waals surface area contributed by atoms with E-state index in [-0.39, 0.29) is 23.5 Å². The quantitative estimate of drug-likeness (QED) is 0.311. The number of non-ortho nitro benzene ring substituents is 1. The molecule has 11 heteroatoms. The van der Waals surface area contributed by atoms with Gasteiger partial charge in [-0.15, -0.1) is 0 Å². The number of methoxy groups -OCH3 is 3. The third-order valence-electron chi connectivity index (χ3n) is 4.42. The van der Waals surface area contributed by atoms with Gasteiger partial charge in [-0.05, 0) is 23.8 Å². The standard InChI is InChI=1S/C20H19N3O7S/c1-28-15-7-4-12(8-16(15)29-2)9-18(24)21-20-22(11-19(25)30-3)14-6-5-13(23(26)27)10-17(14)31-20/h4-8,10H,9,11H2,1-3H3. The Morgan fingerprint density at radius 3 is 2.48 bits per heavy atom. The average Bonchev–Trinajstić information content (AvgIpc) is 3.09. The van der Waals surface area contributed by atoms with Gasteiger partial charge in [-0.1, -0.05) is 17.4 Å². The van der Waals surface area contributed by atoms with Crippen LogP contribution in [0.15, 0.2) is 41.4 Å². The van der Waals surface area contributed by atoms with Crippen molar-refractivity contribution in [3.8, 4) is 11.5 Å². The predicted molar refractivity (Wildman–Crippen MR) is 112 cm³/mol. The maximum atomic E-state index is 12.6. The zero-order chi connectivity index (χ0) is 22.5. The molecule has 0 atom stereocenters. The first-order valence-electron chi connectivity index (χ1n) is 8.99. The maximum Gasteiger partial charge on any atom is 0.325 e. The molecular weight excluding hydrogens is 426 g/mol. The van der Waals surface area contributed by atoms with Crippen molar-refractivity contribution in [2.24, 2.45) is 4.99 Å². The van der Waals surface area contributed by atoms with E-state index in [1.54, 1.807) is 18.2 Å². The van der Waals surface area contributed by atoms with Gasteiger partial charge in [0.1, 0.15) is 6.54 Å². The molecule has 1 amide bonds. The van der Waals surface area contributed by atoms with Gasteiger partial charge in [0.05, 0.1) is 42.9 Å². The Hall–Kier alpha value is -3.73. The molecule has 0 aliphatic rings. The minimum Gasteiger partial charge on any atom is -0.493 e. The second-order valence-corrected chi connectivity index (χ2v) is 7.34. The highest BCUT2D eigenvalue weighted by molar-refractivity contribution is 7.16. The van der Waals surface area contributed by atoms with Crippen LogP contribution >= 0.6 is 11.3 Å². The zero-order valence-corrected chi connectivity index (χ0v) is 17.8. The number of benzene rings is 2. The molecule has 0 N–H and O–H groups in total. The van der Waals surface area contributed by atoms with Crippen LogP contribution in [0.4, 0.5) is 5.69 Å². The Kier molecular flexibility index (Phi) is 6.65. The van der Waals surface area contributed by atoms with Gasteiger partial charge in [-0.2, -0.15) is 4.99 Å². The van der Waals surface area contributed by atoms with Gasteiger partial charge in [0, 0.05) is 12.1 Å². The first-order chi connectivity index (χ1) is 14.9. The lowest BCUT2D eigenvalue weighted by Crippen LogP contribution is -2.22. The number of nitro benzene ring substituents is 1. The van der Waals surface area contributed by atoms with Crippen LogP contribution in [0, 0.1) is 10.1 Å². The molecule has 31 heavy (non-hydrogen) atoms. The third kappa shape index (κ3) is 4.89. The highest BCUT2D eigenvalue weighted by Gasteiger charge is 2.15. The smallest absolute Gasteiger partial charge is 0.325 e. The van der Waals surface area contributed by atoms with Gasteiger partial charge in [0.25, 0.3) is 11.6 Å². The number of hydrogen-bond acceptors (Lipinski definition) is 8. The number of fused-ring (bicyclic) bond motifs is 1. The summed E-state index contributed by atoms with van der Waals surface area (Å²) in [7, 11) is 4.27. The number of ether oxygens (including phenoxy) is 3. The van der Waals surface area contributed by atoms with Gasteiger partial charge in [-0.3, -0.25) is 19.7 Å². The normalized spacial score (nSPS) is 11.4. The van der Waals surface area contributed by atoms with Crippen molar-refractivity contribution >= 4 is 39.1 Å². The molecule has 0 spiro atoms. The second-order valence-electron chi connectivity index (χ2n) is 6.33.